The minimum Gasteiger partial charge on any atom is -0.379 e. The van der Waals surface area contributed by atoms with Gasteiger partial charge in [-0.15, -0.1) is 0 Å². The lowest BCUT2D eigenvalue weighted by molar-refractivity contribution is -0.108. The lowest BCUT2D eigenvalue weighted by Gasteiger charge is -2.45. The lowest BCUT2D eigenvalue weighted by atomic mass is 10.2. The summed E-state index contributed by atoms with van der Waals surface area (Å²) in [6.45, 7) is 10.2. The molecule has 3 aliphatic heterocycles. The van der Waals surface area contributed by atoms with E-state index in [1.165, 1.54) is 0 Å². The second-order valence-corrected chi connectivity index (χ2v) is 17.9. The molecule has 3 fully saturated rings. The zero-order valence-electron chi connectivity index (χ0n) is 24.2. The van der Waals surface area contributed by atoms with Crippen molar-refractivity contribution in [2.45, 2.75) is 50.2 Å². The third kappa shape index (κ3) is 10.1. The van der Waals surface area contributed by atoms with Crippen molar-refractivity contribution in [1.82, 2.24) is 4.90 Å². The zero-order chi connectivity index (χ0) is 28.1. The van der Waals surface area contributed by atoms with Gasteiger partial charge in [0.15, 0.2) is 0 Å². The molecule has 3 atom stereocenters. The van der Waals surface area contributed by atoms with Crippen LogP contribution < -0.4 is 0 Å². The fourth-order valence-corrected chi connectivity index (χ4v) is 10.4. The first-order chi connectivity index (χ1) is 18.3. The lowest BCUT2D eigenvalue weighted by Crippen LogP contribution is -2.62. The summed E-state index contributed by atoms with van der Waals surface area (Å²) >= 11 is 0. The van der Waals surface area contributed by atoms with Gasteiger partial charge in [-0.3, -0.25) is 4.90 Å². The van der Waals surface area contributed by atoms with E-state index >= 15 is 0 Å². The molecule has 0 N–H and O–H groups in total. The number of rotatable bonds is 19. The van der Waals surface area contributed by atoms with E-state index in [4.69, 9.17) is 49.3 Å². The second-order valence-electron chi connectivity index (χ2n) is 9.38. The second kappa shape index (κ2) is 17.0. The van der Waals surface area contributed by atoms with E-state index in [-0.39, 0.29) is 18.3 Å². The van der Waals surface area contributed by atoms with Gasteiger partial charge in [0.25, 0.3) is 0 Å². The number of hydrogen-bond acceptors (Lipinski definition) is 12. The Labute approximate surface area is 231 Å². The Morgan fingerprint density at radius 1 is 0.737 bits per heavy atom. The predicted molar refractivity (Wildman–Crippen MR) is 147 cm³/mol. The molecule has 0 radical (unpaired) electrons. The van der Waals surface area contributed by atoms with E-state index in [1.54, 1.807) is 48.4 Å². The summed E-state index contributed by atoms with van der Waals surface area (Å²) in [7, 11) is 1.34. The van der Waals surface area contributed by atoms with Crippen LogP contribution in [0.15, 0.2) is 12.3 Å². The largest absolute Gasteiger partial charge is 0.530 e. The molecule has 12 nitrogen and oxygen atoms in total. The highest BCUT2D eigenvalue weighted by atomic mass is 28.4. The molecule has 3 aliphatic rings. The van der Waals surface area contributed by atoms with Crippen LogP contribution in [0.4, 0.5) is 0 Å². The van der Waals surface area contributed by atoms with Gasteiger partial charge in [-0.25, -0.2) is 0 Å². The Morgan fingerprint density at radius 3 is 1.53 bits per heavy atom. The highest BCUT2D eigenvalue weighted by Gasteiger charge is 2.49. The molecule has 3 rings (SSSR count). The van der Waals surface area contributed by atoms with E-state index in [0.29, 0.717) is 51.6 Å². The maximum atomic E-state index is 6.47. The molecule has 0 saturated carbocycles. The maximum Gasteiger partial charge on any atom is 0.530 e. The fourth-order valence-electron chi connectivity index (χ4n) is 4.74. The minimum absolute atomic E-state index is 0.0335. The molecular formula is C23H49NO11Si3. The van der Waals surface area contributed by atoms with Gasteiger partial charge in [-0.05, 0) is 25.5 Å². The van der Waals surface area contributed by atoms with Crippen LogP contribution in [0.3, 0.4) is 0 Å². The van der Waals surface area contributed by atoms with Crippen molar-refractivity contribution in [3.8, 4) is 0 Å². The summed E-state index contributed by atoms with van der Waals surface area (Å²) in [5.74, 6) is 0. The van der Waals surface area contributed by atoms with E-state index in [1.807, 2.05) is 6.92 Å². The molecule has 3 saturated heterocycles. The SMILES string of the molecule is C=C[Si]12OC(C)CN(CC(COCCC[Si](OC)(OC)OC)O1)CC(COCCC[Si](OC)(OC)OC)O2. The average Bonchev–Trinajstić information content (AvgIpc) is 2.91. The summed E-state index contributed by atoms with van der Waals surface area (Å²) in [4.78, 5) is 2.30. The van der Waals surface area contributed by atoms with Crippen LogP contribution >= 0.6 is 0 Å². The van der Waals surface area contributed by atoms with Crippen molar-refractivity contribution in [3.63, 3.8) is 0 Å². The van der Waals surface area contributed by atoms with Gasteiger partial charge in [-0.2, -0.15) is 0 Å². The number of hydrogen-bond donors (Lipinski definition) is 0. The molecule has 0 aromatic heterocycles. The first-order valence-corrected chi connectivity index (χ1v) is 18.8. The maximum absolute atomic E-state index is 6.47. The fraction of sp³-hybridized carbons (Fsp3) is 0.913. The zero-order valence-corrected chi connectivity index (χ0v) is 27.2. The van der Waals surface area contributed by atoms with Crippen LogP contribution in [0.5, 0.6) is 0 Å². The van der Waals surface area contributed by atoms with E-state index in [9.17, 15) is 0 Å². The van der Waals surface area contributed by atoms with Gasteiger partial charge in [0.2, 0.25) is 0 Å². The van der Waals surface area contributed by atoms with Crippen molar-refractivity contribution in [2.24, 2.45) is 0 Å². The van der Waals surface area contributed by atoms with E-state index in [0.717, 1.165) is 19.4 Å². The molecular weight excluding hydrogens is 551 g/mol. The summed E-state index contributed by atoms with van der Waals surface area (Å²) < 4.78 is 64.1. The Kier molecular flexibility index (Phi) is 15.3. The quantitative estimate of drug-likeness (QED) is 0.159. The molecule has 0 aromatic rings. The van der Waals surface area contributed by atoms with Crippen molar-refractivity contribution in [2.75, 3.05) is 88.7 Å². The van der Waals surface area contributed by atoms with Crippen molar-refractivity contribution in [3.05, 3.63) is 12.3 Å². The van der Waals surface area contributed by atoms with Crippen LogP contribution in [0.1, 0.15) is 19.8 Å². The third-order valence-electron chi connectivity index (χ3n) is 6.73. The highest BCUT2D eigenvalue weighted by molar-refractivity contribution is 6.66. The summed E-state index contributed by atoms with van der Waals surface area (Å²) in [6, 6.07) is 1.35. The molecule has 15 heteroatoms. The van der Waals surface area contributed by atoms with Crippen LogP contribution in [0, 0.1) is 0 Å². The first kappa shape index (κ1) is 34.1. The number of ether oxygens (including phenoxy) is 2. The summed E-state index contributed by atoms with van der Waals surface area (Å²) in [5, 5.41) is 0. The van der Waals surface area contributed by atoms with Gasteiger partial charge < -0.3 is 49.3 Å². The Hall–Kier alpha value is -0.0894. The molecule has 0 amide bonds. The van der Waals surface area contributed by atoms with Gasteiger partial charge in [0.05, 0.1) is 31.5 Å². The van der Waals surface area contributed by atoms with Crippen molar-refractivity contribution < 1.29 is 49.3 Å². The standard InChI is InChI=1S/C23H49NO11Si3/c1-9-36-33-21(2)16-24(17-22(34-36)19-31-12-10-14-37(25-3,26-4)27-5)18-23(35-36)20-32-13-11-15-38(28-6,29-7)30-8/h9,21-23H,1,10-20H2,2-8H3. The molecule has 0 spiro atoms. The Balaban J connectivity index is 1.88. The molecule has 38 heavy (non-hydrogen) atoms. The summed E-state index contributed by atoms with van der Waals surface area (Å²) in [5.41, 5.74) is 1.72. The molecule has 2 bridgehead atoms. The number of nitrogens with zero attached hydrogens (tertiary/aromatic N) is 1. The highest BCUT2D eigenvalue weighted by Crippen LogP contribution is 2.26. The minimum atomic E-state index is -3.15. The summed E-state index contributed by atoms with van der Waals surface area (Å²) in [6.07, 6.45) is 1.09. The third-order valence-corrected chi connectivity index (χ3v) is 15.0. The topological polar surface area (TPSA) is 105 Å². The van der Waals surface area contributed by atoms with Gasteiger partial charge >= 0.3 is 26.4 Å². The van der Waals surface area contributed by atoms with Crippen molar-refractivity contribution in [1.29, 1.82) is 0 Å². The van der Waals surface area contributed by atoms with Gasteiger partial charge in [-0.1, -0.05) is 6.58 Å². The number of fused-ring (bicyclic) bond motifs is 6. The van der Waals surface area contributed by atoms with E-state index < -0.39 is 26.4 Å². The average molecular weight is 600 g/mol. The molecule has 3 heterocycles. The Bertz CT molecular complexity index is 614. The van der Waals surface area contributed by atoms with Crippen LogP contribution in [-0.4, -0.2) is 138 Å². The normalized spacial score (nSPS) is 28.6. The van der Waals surface area contributed by atoms with Crippen LogP contribution in [0.2, 0.25) is 12.1 Å². The molecule has 3 unspecified atom stereocenters. The smallest absolute Gasteiger partial charge is 0.379 e. The van der Waals surface area contributed by atoms with E-state index in [2.05, 4.69) is 11.5 Å². The van der Waals surface area contributed by atoms with Gasteiger partial charge in [0.1, 0.15) is 0 Å². The molecule has 0 aliphatic carbocycles. The molecule has 224 valence electrons. The van der Waals surface area contributed by atoms with Gasteiger partial charge in [0, 0.05) is 87.6 Å². The molecule has 0 aromatic carbocycles. The first-order valence-electron chi connectivity index (χ1n) is 13.1. The van der Waals surface area contributed by atoms with Crippen molar-refractivity contribution >= 4 is 26.4 Å². The monoisotopic (exact) mass is 599 g/mol. The Morgan fingerprint density at radius 2 is 1.16 bits per heavy atom. The van der Waals surface area contributed by atoms with Crippen LogP contribution in [0.25, 0.3) is 0 Å². The predicted octanol–water partition coefficient (Wildman–Crippen LogP) is 1.72. The van der Waals surface area contributed by atoms with Crippen LogP contribution in [-0.2, 0) is 49.3 Å².